The fourth-order valence-corrected chi connectivity index (χ4v) is 2.77. The van der Waals surface area contributed by atoms with Crippen LogP contribution in [0.15, 0.2) is 18.5 Å². The van der Waals surface area contributed by atoms with Crippen LogP contribution in [-0.2, 0) is 19.4 Å². The summed E-state index contributed by atoms with van der Waals surface area (Å²) in [5.74, 6) is 0.916. The molecule has 0 radical (unpaired) electrons. The van der Waals surface area contributed by atoms with Gasteiger partial charge in [0.15, 0.2) is 11.5 Å². The summed E-state index contributed by atoms with van der Waals surface area (Å²) < 4.78 is 15.2. The van der Waals surface area contributed by atoms with Crippen LogP contribution in [-0.4, -0.2) is 31.1 Å². The molecule has 7 heteroatoms. The second-order valence-corrected chi connectivity index (χ2v) is 5.30. The van der Waals surface area contributed by atoms with E-state index in [-0.39, 0.29) is 0 Å². The van der Waals surface area contributed by atoms with Crippen molar-refractivity contribution in [2.24, 2.45) is 0 Å². The van der Waals surface area contributed by atoms with Crippen LogP contribution in [0.3, 0.4) is 0 Å². The molecule has 0 saturated carbocycles. The van der Waals surface area contributed by atoms with E-state index in [9.17, 15) is 4.39 Å². The summed E-state index contributed by atoms with van der Waals surface area (Å²) in [5, 5.41) is 7.98. The fourth-order valence-electron chi connectivity index (χ4n) is 2.77. The lowest BCUT2D eigenvalue weighted by Crippen LogP contribution is -2.23. The molecule has 112 valence electrons. The fraction of sp³-hybridized carbons (Fsp3) is 0.333. The van der Waals surface area contributed by atoms with E-state index in [2.05, 4.69) is 25.4 Å². The van der Waals surface area contributed by atoms with Gasteiger partial charge in [0, 0.05) is 43.3 Å². The number of rotatable bonds is 2. The van der Waals surface area contributed by atoms with Crippen molar-refractivity contribution in [3.63, 3.8) is 0 Å². The van der Waals surface area contributed by atoms with Crippen LogP contribution in [0.1, 0.15) is 24.0 Å². The number of aromatic nitrogens is 5. The van der Waals surface area contributed by atoms with Crippen LogP contribution < -0.4 is 5.32 Å². The SMILES string of the molecule is CCc1nc(-c2cncc(F)c2)nc2c3c(nn12)CCNC3. The molecular formula is C15H15FN6. The summed E-state index contributed by atoms with van der Waals surface area (Å²) in [7, 11) is 0. The molecule has 0 unspecified atom stereocenters. The average Bonchev–Trinajstić information content (AvgIpc) is 2.92. The number of aryl methyl sites for hydroxylation is 1. The van der Waals surface area contributed by atoms with Gasteiger partial charge in [-0.05, 0) is 6.07 Å². The Hall–Kier alpha value is -2.41. The van der Waals surface area contributed by atoms with E-state index in [1.165, 1.54) is 12.3 Å². The molecule has 4 rings (SSSR count). The van der Waals surface area contributed by atoms with Crippen LogP contribution in [0.2, 0.25) is 0 Å². The minimum Gasteiger partial charge on any atom is -0.312 e. The first-order valence-corrected chi connectivity index (χ1v) is 7.35. The zero-order valence-corrected chi connectivity index (χ0v) is 12.2. The lowest BCUT2D eigenvalue weighted by atomic mass is 10.1. The van der Waals surface area contributed by atoms with Crippen LogP contribution in [0.4, 0.5) is 4.39 Å². The minimum atomic E-state index is -0.392. The Morgan fingerprint density at radius 3 is 3.05 bits per heavy atom. The van der Waals surface area contributed by atoms with Gasteiger partial charge in [0.05, 0.1) is 11.9 Å². The summed E-state index contributed by atoms with van der Waals surface area (Å²) in [4.78, 5) is 13.0. The van der Waals surface area contributed by atoms with Crippen molar-refractivity contribution >= 4 is 5.65 Å². The van der Waals surface area contributed by atoms with Gasteiger partial charge < -0.3 is 5.32 Å². The molecule has 0 bridgehead atoms. The van der Waals surface area contributed by atoms with Gasteiger partial charge in [-0.1, -0.05) is 6.92 Å². The standard InChI is InChI=1S/C15H15FN6/c1-2-13-19-14(9-5-10(16)7-18-6-9)20-15-11-8-17-4-3-12(11)21-22(13)15/h5-7,17H,2-4,8H2,1H3. The van der Waals surface area contributed by atoms with E-state index in [1.54, 1.807) is 6.20 Å². The van der Waals surface area contributed by atoms with Crippen molar-refractivity contribution in [1.29, 1.82) is 0 Å². The third kappa shape index (κ3) is 2.05. The maximum Gasteiger partial charge on any atom is 0.165 e. The topological polar surface area (TPSA) is 68.0 Å². The minimum absolute atomic E-state index is 0.392. The maximum absolute atomic E-state index is 13.4. The molecule has 4 heterocycles. The molecule has 0 spiro atoms. The monoisotopic (exact) mass is 298 g/mol. The molecular weight excluding hydrogens is 283 g/mol. The van der Waals surface area contributed by atoms with Gasteiger partial charge >= 0.3 is 0 Å². The number of halogens is 1. The zero-order valence-electron chi connectivity index (χ0n) is 12.2. The molecule has 6 nitrogen and oxygen atoms in total. The molecule has 0 amide bonds. The first kappa shape index (κ1) is 13.3. The smallest absolute Gasteiger partial charge is 0.165 e. The van der Waals surface area contributed by atoms with E-state index in [1.807, 2.05) is 11.4 Å². The first-order chi connectivity index (χ1) is 10.8. The van der Waals surface area contributed by atoms with Crippen LogP contribution in [0, 0.1) is 5.82 Å². The Kier molecular flexibility index (Phi) is 3.07. The van der Waals surface area contributed by atoms with Crippen molar-refractivity contribution in [3.8, 4) is 11.4 Å². The summed E-state index contributed by atoms with van der Waals surface area (Å²) in [6.45, 7) is 3.70. The van der Waals surface area contributed by atoms with Gasteiger partial charge in [-0.2, -0.15) is 5.10 Å². The van der Waals surface area contributed by atoms with E-state index >= 15 is 0 Å². The van der Waals surface area contributed by atoms with E-state index in [0.717, 1.165) is 48.7 Å². The van der Waals surface area contributed by atoms with Crippen LogP contribution in [0.5, 0.6) is 0 Å². The quantitative estimate of drug-likeness (QED) is 0.777. The van der Waals surface area contributed by atoms with Gasteiger partial charge in [-0.15, -0.1) is 0 Å². The van der Waals surface area contributed by atoms with E-state index in [4.69, 9.17) is 0 Å². The highest BCUT2D eigenvalue weighted by Crippen LogP contribution is 2.22. The third-order valence-electron chi connectivity index (χ3n) is 3.85. The van der Waals surface area contributed by atoms with Gasteiger partial charge in [0.25, 0.3) is 0 Å². The second-order valence-electron chi connectivity index (χ2n) is 5.30. The molecule has 22 heavy (non-hydrogen) atoms. The molecule has 0 saturated heterocycles. The van der Waals surface area contributed by atoms with Crippen molar-refractivity contribution < 1.29 is 4.39 Å². The number of hydrogen-bond acceptors (Lipinski definition) is 5. The predicted molar refractivity (Wildman–Crippen MR) is 78.8 cm³/mol. The summed E-state index contributed by atoms with van der Waals surface area (Å²) in [6, 6.07) is 1.40. The van der Waals surface area contributed by atoms with E-state index in [0.29, 0.717) is 11.4 Å². The number of nitrogens with one attached hydrogen (secondary N) is 1. The molecule has 1 aliphatic rings. The summed E-state index contributed by atoms with van der Waals surface area (Å²) in [6.07, 6.45) is 4.37. The lowest BCUT2D eigenvalue weighted by molar-refractivity contribution is 0.621. The second kappa shape index (κ2) is 5.10. The number of hydrogen-bond donors (Lipinski definition) is 1. The van der Waals surface area contributed by atoms with Crippen molar-refractivity contribution in [2.45, 2.75) is 26.3 Å². The average molecular weight is 298 g/mol. The van der Waals surface area contributed by atoms with Crippen LogP contribution >= 0.6 is 0 Å². The Labute approximate surface area is 126 Å². The Morgan fingerprint density at radius 1 is 1.32 bits per heavy atom. The van der Waals surface area contributed by atoms with Crippen molar-refractivity contribution in [1.82, 2.24) is 29.9 Å². The summed E-state index contributed by atoms with van der Waals surface area (Å²) in [5.41, 5.74) is 3.55. The molecule has 3 aromatic rings. The first-order valence-electron chi connectivity index (χ1n) is 7.35. The number of nitrogens with zero attached hydrogens (tertiary/aromatic N) is 5. The highest BCUT2D eigenvalue weighted by molar-refractivity contribution is 5.60. The predicted octanol–water partition coefficient (Wildman–Crippen LogP) is 1.53. The molecule has 0 atom stereocenters. The largest absolute Gasteiger partial charge is 0.312 e. The maximum atomic E-state index is 13.4. The Bertz CT molecular complexity index is 857. The molecule has 0 aromatic carbocycles. The lowest BCUT2D eigenvalue weighted by Gasteiger charge is -2.10. The van der Waals surface area contributed by atoms with Gasteiger partial charge in [0.1, 0.15) is 11.6 Å². The Morgan fingerprint density at radius 2 is 2.23 bits per heavy atom. The van der Waals surface area contributed by atoms with Gasteiger partial charge in [-0.25, -0.2) is 18.9 Å². The van der Waals surface area contributed by atoms with Crippen molar-refractivity contribution in [2.75, 3.05) is 6.54 Å². The summed E-state index contributed by atoms with van der Waals surface area (Å²) >= 11 is 0. The Balaban J connectivity index is 1.97. The molecule has 1 aliphatic heterocycles. The number of pyridine rings is 1. The zero-order chi connectivity index (χ0) is 15.1. The molecule has 0 fully saturated rings. The number of fused-ring (bicyclic) bond motifs is 3. The van der Waals surface area contributed by atoms with Crippen molar-refractivity contribution in [3.05, 3.63) is 41.4 Å². The van der Waals surface area contributed by atoms with Crippen LogP contribution in [0.25, 0.3) is 17.0 Å². The van der Waals surface area contributed by atoms with Gasteiger partial charge in [0.2, 0.25) is 0 Å². The molecule has 1 N–H and O–H groups in total. The highest BCUT2D eigenvalue weighted by atomic mass is 19.1. The van der Waals surface area contributed by atoms with E-state index < -0.39 is 5.82 Å². The molecule has 3 aromatic heterocycles. The molecule has 0 aliphatic carbocycles. The van der Waals surface area contributed by atoms with Gasteiger partial charge in [-0.3, -0.25) is 4.98 Å². The highest BCUT2D eigenvalue weighted by Gasteiger charge is 2.20. The normalized spacial score (nSPS) is 14.3. The third-order valence-corrected chi connectivity index (χ3v) is 3.85.